The summed E-state index contributed by atoms with van der Waals surface area (Å²) in [5, 5.41) is 16.3. The minimum Gasteiger partial charge on any atom is -0.392 e. The standard InChI is InChI=1S/C14H10ClF3N4OS/c15-8-3-4-9-10(7-8)22-11(20-21-13(22)14(16,17)18)12(19-9)24-6-2-1-5-23/h1-4,7,23H,5-6H2/b2-1+. The number of aliphatic hydroxyl groups is 1. The van der Waals surface area contributed by atoms with Crippen LogP contribution in [0.3, 0.4) is 0 Å². The Morgan fingerprint density at radius 3 is 2.75 bits per heavy atom. The molecule has 0 aliphatic heterocycles. The van der Waals surface area contributed by atoms with E-state index in [0.717, 1.165) is 4.40 Å². The fourth-order valence-corrected chi connectivity index (χ4v) is 3.11. The first-order valence-corrected chi connectivity index (χ1v) is 8.08. The molecule has 1 aromatic carbocycles. The molecule has 3 aromatic rings. The molecule has 2 aromatic heterocycles. The Hall–Kier alpha value is -1.84. The Labute approximate surface area is 143 Å². The van der Waals surface area contributed by atoms with E-state index in [1.54, 1.807) is 18.2 Å². The number of hydrogen-bond acceptors (Lipinski definition) is 5. The van der Waals surface area contributed by atoms with Gasteiger partial charge in [0.1, 0.15) is 5.03 Å². The molecule has 0 radical (unpaired) electrons. The molecule has 0 atom stereocenters. The second-order valence-corrected chi connectivity index (χ2v) is 6.14. The minimum absolute atomic E-state index is 0.0134. The molecule has 0 spiro atoms. The van der Waals surface area contributed by atoms with E-state index in [1.807, 2.05) is 0 Å². The van der Waals surface area contributed by atoms with E-state index in [2.05, 4.69) is 15.2 Å². The van der Waals surface area contributed by atoms with E-state index >= 15 is 0 Å². The number of halogens is 4. The Bertz CT molecular complexity index is 926. The highest BCUT2D eigenvalue weighted by Gasteiger charge is 2.38. The maximum absolute atomic E-state index is 13.2. The van der Waals surface area contributed by atoms with Crippen molar-refractivity contribution in [2.45, 2.75) is 11.2 Å². The van der Waals surface area contributed by atoms with Crippen molar-refractivity contribution in [3.8, 4) is 0 Å². The second kappa shape index (κ2) is 6.58. The van der Waals surface area contributed by atoms with Crippen LogP contribution < -0.4 is 0 Å². The maximum Gasteiger partial charge on any atom is 0.452 e. The van der Waals surface area contributed by atoms with E-state index in [-0.39, 0.29) is 17.8 Å². The van der Waals surface area contributed by atoms with Crippen LogP contribution >= 0.6 is 23.4 Å². The van der Waals surface area contributed by atoms with Crippen LogP contribution in [0, 0.1) is 0 Å². The predicted octanol–water partition coefficient (Wildman–Crippen LogP) is 3.59. The predicted molar refractivity (Wildman–Crippen MR) is 85.2 cm³/mol. The quantitative estimate of drug-likeness (QED) is 0.558. The fourth-order valence-electron chi connectivity index (χ4n) is 2.13. The SMILES string of the molecule is OC/C=C/CSc1nc2ccc(Cl)cc2n2c(C(F)(F)F)nnc12. The monoisotopic (exact) mass is 374 g/mol. The summed E-state index contributed by atoms with van der Waals surface area (Å²) in [6, 6.07) is 4.50. The van der Waals surface area contributed by atoms with Crippen LogP contribution in [0.2, 0.25) is 5.02 Å². The van der Waals surface area contributed by atoms with Crippen LogP contribution in [0.25, 0.3) is 16.7 Å². The number of rotatable bonds is 4. The molecule has 1 N–H and O–H groups in total. The van der Waals surface area contributed by atoms with Gasteiger partial charge < -0.3 is 5.11 Å². The number of alkyl halides is 3. The highest BCUT2D eigenvalue weighted by molar-refractivity contribution is 7.99. The Kier molecular flexibility index (Phi) is 4.66. The average molecular weight is 375 g/mol. The summed E-state index contributed by atoms with van der Waals surface area (Å²) >= 11 is 7.11. The van der Waals surface area contributed by atoms with Crippen molar-refractivity contribution in [1.82, 2.24) is 19.6 Å². The molecule has 2 heterocycles. The molecule has 0 bridgehead atoms. The van der Waals surface area contributed by atoms with E-state index in [0.29, 0.717) is 21.3 Å². The third-order valence-corrected chi connectivity index (χ3v) is 4.24. The molecule has 0 amide bonds. The van der Waals surface area contributed by atoms with E-state index in [9.17, 15) is 13.2 Å². The second-order valence-electron chi connectivity index (χ2n) is 4.70. The molecule has 0 fully saturated rings. The van der Waals surface area contributed by atoms with Gasteiger partial charge in [0.25, 0.3) is 0 Å². The molecule has 0 aliphatic carbocycles. The molecule has 0 unspecified atom stereocenters. The summed E-state index contributed by atoms with van der Waals surface area (Å²) in [4.78, 5) is 4.35. The zero-order valence-corrected chi connectivity index (χ0v) is 13.5. The van der Waals surface area contributed by atoms with E-state index in [1.165, 1.54) is 23.9 Å². The summed E-state index contributed by atoms with van der Waals surface area (Å²) in [5.41, 5.74) is 0.551. The van der Waals surface area contributed by atoms with Gasteiger partial charge in [-0.25, -0.2) is 4.98 Å². The molecule has 0 aliphatic rings. The van der Waals surface area contributed by atoms with Gasteiger partial charge in [0.2, 0.25) is 5.82 Å². The topological polar surface area (TPSA) is 63.3 Å². The van der Waals surface area contributed by atoms with Crippen molar-refractivity contribution < 1.29 is 18.3 Å². The summed E-state index contributed by atoms with van der Waals surface area (Å²) in [6.45, 7) is -0.108. The van der Waals surface area contributed by atoms with Crippen molar-refractivity contribution in [3.05, 3.63) is 41.2 Å². The average Bonchev–Trinajstić information content (AvgIpc) is 2.97. The Morgan fingerprint density at radius 1 is 1.25 bits per heavy atom. The number of fused-ring (bicyclic) bond motifs is 3. The molecule has 126 valence electrons. The van der Waals surface area contributed by atoms with Crippen LogP contribution in [0.1, 0.15) is 5.82 Å². The number of hydrogen-bond donors (Lipinski definition) is 1. The molecular formula is C14H10ClF3N4OS. The maximum atomic E-state index is 13.2. The van der Waals surface area contributed by atoms with Gasteiger partial charge >= 0.3 is 6.18 Å². The third kappa shape index (κ3) is 3.19. The van der Waals surface area contributed by atoms with Crippen LogP contribution in [0.15, 0.2) is 35.4 Å². The van der Waals surface area contributed by atoms with Gasteiger partial charge in [0, 0.05) is 10.8 Å². The van der Waals surface area contributed by atoms with Gasteiger partial charge in [-0.15, -0.1) is 10.2 Å². The van der Waals surface area contributed by atoms with Crippen molar-refractivity contribution in [2.24, 2.45) is 0 Å². The van der Waals surface area contributed by atoms with Crippen molar-refractivity contribution in [3.63, 3.8) is 0 Å². The lowest BCUT2D eigenvalue weighted by molar-refractivity contribution is -0.145. The van der Waals surface area contributed by atoms with E-state index in [4.69, 9.17) is 16.7 Å². The smallest absolute Gasteiger partial charge is 0.392 e. The Balaban J connectivity index is 2.24. The number of aromatic nitrogens is 4. The summed E-state index contributed by atoms with van der Waals surface area (Å²) < 4.78 is 40.6. The third-order valence-electron chi connectivity index (χ3n) is 3.10. The van der Waals surface area contributed by atoms with Gasteiger partial charge in [-0.3, -0.25) is 4.40 Å². The zero-order chi connectivity index (χ0) is 17.3. The van der Waals surface area contributed by atoms with Gasteiger partial charge in [-0.1, -0.05) is 35.5 Å². The number of benzene rings is 1. The molecular weight excluding hydrogens is 365 g/mol. The van der Waals surface area contributed by atoms with Crippen LogP contribution in [-0.4, -0.2) is 37.0 Å². The molecule has 5 nitrogen and oxygen atoms in total. The zero-order valence-electron chi connectivity index (χ0n) is 12.0. The molecule has 0 saturated carbocycles. The highest BCUT2D eigenvalue weighted by Crippen LogP contribution is 2.33. The molecule has 0 saturated heterocycles. The molecule has 24 heavy (non-hydrogen) atoms. The van der Waals surface area contributed by atoms with Gasteiger partial charge in [0.15, 0.2) is 5.65 Å². The number of nitrogens with zero attached hydrogens (tertiary/aromatic N) is 4. The van der Waals surface area contributed by atoms with Gasteiger partial charge in [-0.05, 0) is 18.2 Å². The van der Waals surface area contributed by atoms with Crippen LogP contribution in [-0.2, 0) is 6.18 Å². The Morgan fingerprint density at radius 2 is 2.04 bits per heavy atom. The first-order valence-electron chi connectivity index (χ1n) is 6.72. The molecule has 3 rings (SSSR count). The van der Waals surface area contributed by atoms with Gasteiger partial charge in [-0.2, -0.15) is 13.2 Å². The van der Waals surface area contributed by atoms with Crippen molar-refractivity contribution >= 4 is 40.0 Å². The minimum atomic E-state index is -4.66. The lowest BCUT2D eigenvalue weighted by Crippen LogP contribution is -2.11. The first kappa shape index (κ1) is 17.0. The largest absolute Gasteiger partial charge is 0.452 e. The fraction of sp³-hybridized carbons (Fsp3) is 0.214. The summed E-state index contributed by atoms with van der Waals surface area (Å²) in [6.07, 6.45) is -1.43. The lowest BCUT2D eigenvalue weighted by atomic mass is 10.3. The number of thioether (sulfide) groups is 1. The lowest BCUT2D eigenvalue weighted by Gasteiger charge is -2.09. The van der Waals surface area contributed by atoms with E-state index < -0.39 is 12.0 Å². The normalized spacial score (nSPS) is 12.7. The first-order chi connectivity index (χ1) is 11.4. The van der Waals surface area contributed by atoms with Gasteiger partial charge in [0.05, 0.1) is 17.6 Å². The highest BCUT2D eigenvalue weighted by atomic mass is 35.5. The van der Waals surface area contributed by atoms with Crippen LogP contribution in [0.5, 0.6) is 0 Å². The summed E-state index contributed by atoms with van der Waals surface area (Å²) in [5.74, 6) is -0.698. The van der Waals surface area contributed by atoms with Crippen LogP contribution in [0.4, 0.5) is 13.2 Å². The summed E-state index contributed by atoms with van der Waals surface area (Å²) in [7, 11) is 0. The number of aliphatic hydroxyl groups excluding tert-OH is 1. The van der Waals surface area contributed by atoms with Crippen molar-refractivity contribution in [1.29, 1.82) is 0 Å². The van der Waals surface area contributed by atoms with Crippen molar-refractivity contribution in [2.75, 3.05) is 12.4 Å². The molecule has 10 heteroatoms.